The topological polar surface area (TPSA) is 68.9 Å². The first kappa shape index (κ1) is 16.9. The van der Waals surface area contributed by atoms with Crippen LogP contribution < -0.4 is 11.0 Å². The number of hydrogen-bond donors (Lipinski definition) is 1. The van der Waals surface area contributed by atoms with E-state index in [0.717, 1.165) is 34.2 Å². The van der Waals surface area contributed by atoms with Gasteiger partial charge in [-0.15, -0.1) is 16.4 Å². The lowest BCUT2D eigenvalue weighted by atomic mass is 10.1. The van der Waals surface area contributed by atoms with Crippen molar-refractivity contribution < 1.29 is 4.79 Å². The minimum absolute atomic E-state index is 0.111. The molecule has 1 fully saturated rings. The highest BCUT2D eigenvalue weighted by Gasteiger charge is 2.31. The predicted octanol–water partition coefficient (Wildman–Crippen LogP) is 3.90. The first-order chi connectivity index (χ1) is 13.7. The Morgan fingerprint density at radius 2 is 1.93 bits per heavy atom. The van der Waals surface area contributed by atoms with Crippen molar-refractivity contribution in [3.8, 4) is 10.7 Å². The number of hydrogen-bond acceptors (Lipinski definition) is 4. The lowest BCUT2D eigenvalue weighted by molar-refractivity contribution is -0.117. The number of thiophene rings is 1. The number of benzene rings is 2. The van der Waals surface area contributed by atoms with Crippen LogP contribution in [0.25, 0.3) is 21.5 Å². The summed E-state index contributed by atoms with van der Waals surface area (Å²) in [7, 11) is 0. The van der Waals surface area contributed by atoms with Crippen molar-refractivity contribution in [2.24, 2.45) is 0 Å². The maximum atomic E-state index is 12.9. The van der Waals surface area contributed by atoms with Gasteiger partial charge in [0.15, 0.2) is 5.82 Å². The highest BCUT2D eigenvalue weighted by Crippen LogP contribution is 2.37. The van der Waals surface area contributed by atoms with Crippen molar-refractivity contribution in [1.29, 1.82) is 0 Å². The van der Waals surface area contributed by atoms with E-state index in [2.05, 4.69) is 10.4 Å². The number of carbonyl (C=O) groups is 1. The van der Waals surface area contributed by atoms with Crippen LogP contribution >= 0.6 is 11.3 Å². The summed E-state index contributed by atoms with van der Waals surface area (Å²) in [4.78, 5) is 26.4. The third-order valence-corrected chi connectivity index (χ3v) is 5.75. The van der Waals surface area contributed by atoms with Gasteiger partial charge in [0.2, 0.25) is 5.91 Å². The van der Waals surface area contributed by atoms with Crippen molar-refractivity contribution in [1.82, 2.24) is 14.3 Å². The Labute approximate surface area is 165 Å². The molecule has 7 heteroatoms. The van der Waals surface area contributed by atoms with Crippen LogP contribution in [0.4, 0.5) is 5.69 Å². The van der Waals surface area contributed by atoms with Gasteiger partial charge in [-0.25, -0.2) is 9.48 Å². The van der Waals surface area contributed by atoms with Crippen molar-refractivity contribution in [3.05, 3.63) is 70.5 Å². The molecule has 0 bridgehead atoms. The molecule has 4 aromatic rings. The zero-order valence-corrected chi connectivity index (χ0v) is 15.9. The van der Waals surface area contributed by atoms with Crippen LogP contribution in [-0.2, 0) is 11.3 Å². The second-order valence-electron chi connectivity index (χ2n) is 6.92. The third kappa shape index (κ3) is 3.03. The molecule has 0 spiro atoms. The molecule has 0 radical (unpaired) electrons. The van der Waals surface area contributed by atoms with Crippen LogP contribution in [0.3, 0.4) is 0 Å². The molecule has 140 valence electrons. The maximum absolute atomic E-state index is 12.9. The van der Waals surface area contributed by atoms with Gasteiger partial charge in [-0.3, -0.25) is 9.36 Å². The van der Waals surface area contributed by atoms with E-state index in [4.69, 9.17) is 0 Å². The van der Waals surface area contributed by atoms with E-state index in [1.807, 2.05) is 60.0 Å². The molecule has 0 saturated heterocycles. The SMILES string of the molecule is O=C(Cn1nc(-c2cccs2)n(C2CC2)c1=O)Nc1cccc2ccccc12. The predicted molar refractivity (Wildman–Crippen MR) is 111 cm³/mol. The van der Waals surface area contributed by atoms with Gasteiger partial charge in [0, 0.05) is 17.1 Å². The lowest BCUT2D eigenvalue weighted by Crippen LogP contribution is -2.30. The van der Waals surface area contributed by atoms with Crippen LogP contribution in [-0.4, -0.2) is 20.3 Å². The number of anilines is 1. The van der Waals surface area contributed by atoms with Crippen LogP contribution in [0.2, 0.25) is 0 Å². The number of amides is 1. The molecule has 6 nitrogen and oxygen atoms in total. The second-order valence-corrected chi connectivity index (χ2v) is 7.86. The smallest absolute Gasteiger partial charge is 0.324 e. The molecular weight excluding hydrogens is 372 g/mol. The molecule has 1 aliphatic carbocycles. The average molecular weight is 390 g/mol. The highest BCUT2D eigenvalue weighted by atomic mass is 32.1. The zero-order chi connectivity index (χ0) is 19.1. The van der Waals surface area contributed by atoms with E-state index in [-0.39, 0.29) is 24.2 Å². The number of nitrogens with zero attached hydrogens (tertiary/aromatic N) is 3. The fraction of sp³-hybridized carbons (Fsp3) is 0.190. The van der Waals surface area contributed by atoms with Crippen LogP contribution in [0.15, 0.2) is 64.8 Å². The monoisotopic (exact) mass is 390 g/mol. The Morgan fingerprint density at radius 1 is 1.11 bits per heavy atom. The molecule has 5 rings (SSSR count). The van der Waals surface area contributed by atoms with Gasteiger partial charge >= 0.3 is 5.69 Å². The summed E-state index contributed by atoms with van der Waals surface area (Å²) < 4.78 is 3.00. The third-order valence-electron chi connectivity index (χ3n) is 4.88. The summed E-state index contributed by atoms with van der Waals surface area (Å²) in [5.41, 5.74) is 0.509. The van der Waals surface area contributed by atoms with Gasteiger partial charge in [0.1, 0.15) is 6.54 Å². The first-order valence-corrected chi connectivity index (χ1v) is 10.1. The molecule has 1 aliphatic rings. The van der Waals surface area contributed by atoms with Crippen LogP contribution in [0.5, 0.6) is 0 Å². The Morgan fingerprint density at radius 3 is 2.71 bits per heavy atom. The molecule has 28 heavy (non-hydrogen) atoms. The van der Waals surface area contributed by atoms with Crippen LogP contribution in [0, 0.1) is 0 Å². The zero-order valence-electron chi connectivity index (χ0n) is 15.0. The fourth-order valence-electron chi connectivity index (χ4n) is 3.42. The van der Waals surface area contributed by atoms with E-state index in [1.54, 1.807) is 15.9 Å². The Balaban J connectivity index is 1.44. The van der Waals surface area contributed by atoms with E-state index in [9.17, 15) is 9.59 Å². The number of fused-ring (bicyclic) bond motifs is 1. The highest BCUT2D eigenvalue weighted by molar-refractivity contribution is 7.13. The lowest BCUT2D eigenvalue weighted by Gasteiger charge is -2.08. The summed E-state index contributed by atoms with van der Waals surface area (Å²) in [5.74, 6) is 0.386. The second kappa shape index (κ2) is 6.76. The number of nitrogens with one attached hydrogen (secondary N) is 1. The molecule has 2 heterocycles. The molecule has 1 saturated carbocycles. The number of aromatic nitrogens is 3. The molecule has 0 atom stereocenters. The summed E-state index contributed by atoms with van der Waals surface area (Å²) in [5, 5.41) is 11.4. The van der Waals surface area contributed by atoms with Crippen molar-refractivity contribution in [3.63, 3.8) is 0 Å². The van der Waals surface area contributed by atoms with Gasteiger partial charge in [-0.05, 0) is 35.7 Å². The summed E-state index contributed by atoms with van der Waals surface area (Å²) >= 11 is 1.54. The molecule has 1 amide bonds. The number of carbonyl (C=O) groups excluding carboxylic acids is 1. The molecule has 0 aliphatic heterocycles. The largest absolute Gasteiger partial charge is 0.346 e. The first-order valence-electron chi connectivity index (χ1n) is 9.21. The normalized spacial score (nSPS) is 13.7. The van der Waals surface area contributed by atoms with Gasteiger partial charge in [0.05, 0.1) is 4.88 Å². The van der Waals surface area contributed by atoms with Gasteiger partial charge in [0.25, 0.3) is 0 Å². The molecule has 0 unspecified atom stereocenters. The maximum Gasteiger partial charge on any atom is 0.346 e. The molecule has 2 aromatic carbocycles. The molecule has 1 N–H and O–H groups in total. The Bertz CT molecular complexity index is 1210. The van der Waals surface area contributed by atoms with E-state index >= 15 is 0 Å². The van der Waals surface area contributed by atoms with E-state index < -0.39 is 0 Å². The van der Waals surface area contributed by atoms with Gasteiger partial charge < -0.3 is 5.32 Å². The van der Waals surface area contributed by atoms with Gasteiger partial charge in [-0.2, -0.15) is 0 Å². The quantitative estimate of drug-likeness (QED) is 0.562. The van der Waals surface area contributed by atoms with Gasteiger partial charge in [-0.1, -0.05) is 42.5 Å². The fourth-order valence-corrected chi connectivity index (χ4v) is 4.12. The Hall–Kier alpha value is -3.19. The molecule has 2 aromatic heterocycles. The van der Waals surface area contributed by atoms with Crippen LogP contribution in [0.1, 0.15) is 18.9 Å². The molecular formula is C21H18N4O2S. The standard InChI is InChI=1S/C21H18N4O2S/c26-19(22-17-8-3-6-14-5-1-2-7-16(14)17)13-24-21(27)25(15-10-11-15)20(23-24)18-9-4-12-28-18/h1-9,12,15H,10-11,13H2,(H,22,26). The average Bonchev–Trinajstić information content (AvgIpc) is 3.28. The van der Waals surface area contributed by atoms with E-state index in [0.29, 0.717) is 5.82 Å². The number of rotatable bonds is 5. The van der Waals surface area contributed by atoms with Crippen molar-refractivity contribution in [2.45, 2.75) is 25.4 Å². The van der Waals surface area contributed by atoms with Crippen molar-refractivity contribution >= 4 is 33.7 Å². The Kier molecular flexibility index (Phi) is 4.09. The van der Waals surface area contributed by atoms with E-state index in [1.165, 1.54) is 4.68 Å². The summed E-state index contributed by atoms with van der Waals surface area (Å²) in [6.45, 7) is -0.111. The minimum atomic E-state index is -0.267. The summed E-state index contributed by atoms with van der Waals surface area (Å²) in [6, 6.07) is 17.7. The minimum Gasteiger partial charge on any atom is -0.324 e. The van der Waals surface area contributed by atoms with Crippen molar-refractivity contribution in [2.75, 3.05) is 5.32 Å². The summed E-state index contributed by atoms with van der Waals surface area (Å²) in [6.07, 6.45) is 1.96.